The van der Waals surface area contributed by atoms with Crippen molar-refractivity contribution in [2.45, 2.75) is 0 Å². The number of hydrogen-bond acceptors (Lipinski definition) is 2. The van der Waals surface area contributed by atoms with Gasteiger partial charge in [0.15, 0.2) is 0 Å². The molecule has 0 unspecified atom stereocenters. The summed E-state index contributed by atoms with van der Waals surface area (Å²) in [6.07, 6.45) is 1.89. The SMILES string of the molecule is OCCOC/C=C/I. The van der Waals surface area contributed by atoms with Crippen LogP contribution in [0.1, 0.15) is 0 Å². The van der Waals surface area contributed by atoms with Crippen molar-refractivity contribution in [3.05, 3.63) is 10.2 Å². The highest BCUT2D eigenvalue weighted by atomic mass is 127. The summed E-state index contributed by atoms with van der Waals surface area (Å²) < 4.78 is 6.77. The number of hydrogen-bond donors (Lipinski definition) is 1. The lowest BCUT2D eigenvalue weighted by Crippen LogP contribution is -1.97. The molecule has 0 amide bonds. The van der Waals surface area contributed by atoms with E-state index in [1.54, 1.807) is 0 Å². The Hall–Kier alpha value is 0.390. The summed E-state index contributed by atoms with van der Waals surface area (Å²) in [5.74, 6) is 0. The molecule has 0 bridgehead atoms. The molecule has 0 aromatic heterocycles. The van der Waals surface area contributed by atoms with Gasteiger partial charge in [-0.3, -0.25) is 0 Å². The number of ether oxygens (including phenoxy) is 1. The van der Waals surface area contributed by atoms with E-state index in [9.17, 15) is 0 Å². The van der Waals surface area contributed by atoms with E-state index in [0.717, 1.165) is 0 Å². The molecule has 0 aromatic rings. The molecule has 0 fully saturated rings. The van der Waals surface area contributed by atoms with Crippen LogP contribution in [0.2, 0.25) is 0 Å². The Balaban J connectivity index is 2.72. The number of halogens is 1. The van der Waals surface area contributed by atoms with Crippen molar-refractivity contribution >= 4 is 22.6 Å². The Morgan fingerprint density at radius 3 is 2.88 bits per heavy atom. The van der Waals surface area contributed by atoms with Crippen LogP contribution in [0.25, 0.3) is 0 Å². The van der Waals surface area contributed by atoms with Gasteiger partial charge in [-0.1, -0.05) is 28.7 Å². The highest BCUT2D eigenvalue weighted by Gasteiger charge is 1.77. The van der Waals surface area contributed by atoms with E-state index < -0.39 is 0 Å². The maximum Gasteiger partial charge on any atom is 0.0701 e. The second-order valence-corrected chi connectivity index (χ2v) is 1.88. The van der Waals surface area contributed by atoms with Crippen molar-refractivity contribution in [2.75, 3.05) is 19.8 Å². The van der Waals surface area contributed by atoms with Gasteiger partial charge in [-0.25, -0.2) is 0 Å². The van der Waals surface area contributed by atoms with Crippen LogP contribution in [0.15, 0.2) is 10.2 Å². The third kappa shape index (κ3) is 6.39. The third-order valence-electron chi connectivity index (χ3n) is 0.539. The third-order valence-corrected chi connectivity index (χ3v) is 1.05. The maximum absolute atomic E-state index is 8.21. The Labute approximate surface area is 62.7 Å². The highest BCUT2D eigenvalue weighted by Crippen LogP contribution is 1.83. The van der Waals surface area contributed by atoms with E-state index in [4.69, 9.17) is 9.84 Å². The van der Waals surface area contributed by atoms with Gasteiger partial charge in [-0.15, -0.1) is 0 Å². The first-order chi connectivity index (χ1) is 3.91. The highest BCUT2D eigenvalue weighted by molar-refractivity contribution is 14.1. The minimum atomic E-state index is 0.106. The molecular formula is C5H9IO2. The predicted molar refractivity (Wildman–Crippen MR) is 41.1 cm³/mol. The van der Waals surface area contributed by atoms with Crippen molar-refractivity contribution in [1.29, 1.82) is 0 Å². The average molecular weight is 228 g/mol. The molecule has 0 heterocycles. The first-order valence-electron chi connectivity index (χ1n) is 2.35. The predicted octanol–water partition coefficient (Wildman–Crippen LogP) is 0.944. The monoisotopic (exact) mass is 228 g/mol. The van der Waals surface area contributed by atoms with Crippen molar-refractivity contribution in [3.63, 3.8) is 0 Å². The molecule has 0 saturated heterocycles. The van der Waals surface area contributed by atoms with Crippen LogP contribution in [0, 0.1) is 0 Å². The van der Waals surface area contributed by atoms with Gasteiger partial charge in [0.2, 0.25) is 0 Å². The quantitative estimate of drug-likeness (QED) is 0.573. The normalized spacial score (nSPS) is 10.8. The summed E-state index contributed by atoms with van der Waals surface area (Å²) in [4.78, 5) is 0. The number of aliphatic hydroxyl groups is 1. The standard InChI is InChI=1S/C5H9IO2/c6-2-1-4-8-5-3-7/h1-2,7H,3-5H2/b2-1+. The van der Waals surface area contributed by atoms with E-state index >= 15 is 0 Å². The molecule has 0 rings (SSSR count). The molecule has 0 saturated carbocycles. The molecule has 0 atom stereocenters. The number of aliphatic hydroxyl groups excluding tert-OH is 1. The van der Waals surface area contributed by atoms with Crippen molar-refractivity contribution in [3.8, 4) is 0 Å². The van der Waals surface area contributed by atoms with Gasteiger partial charge < -0.3 is 9.84 Å². The van der Waals surface area contributed by atoms with Crippen LogP contribution >= 0.6 is 22.6 Å². The van der Waals surface area contributed by atoms with Crippen LogP contribution in [-0.4, -0.2) is 24.9 Å². The lowest BCUT2D eigenvalue weighted by molar-refractivity contribution is 0.112. The number of rotatable bonds is 4. The van der Waals surface area contributed by atoms with Gasteiger partial charge in [0.1, 0.15) is 0 Å². The van der Waals surface area contributed by atoms with Crippen molar-refractivity contribution < 1.29 is 9.84 Å². The van der Waals surface area contributed by atoms with Crippen LogP contribution < -0.4 is 0 Å². The minimum absolute atomic E-state index is 0.106. The fraction of sp³-hybridized carbons (Fsp3) is 0.600. The molecule has 0 aliphatic heterocycles. The lowest BCUT2D eigenvalue weighted by atomic mass is 10.7. The average Bonchev–Trinajstić information content (AvgIpc) is 1.81. The van der Waals surface area contributed by atoms with Gasteiger partial charge in [0.05, 0.1) is 19.8 Å². The molecule has 3 heteroatoms. The van der Waals surface area contributed by atoms with Gasteiger partial charge in [-0.05, 0) is 4.08 Å². The molecule has 48 valence electrons. The fourth-order valence-electron chi connectivity index (χ4n) is 0.252. The first-order valence-corrected chi connectivity index (χ1v) is 3.60. The van der Waals surface area contributed by atoms with E-state index in [0.29, 0.717) is 13.2 Å². The smallest absolute Gasteiger partial charge is 0.0701 e. The molecule has 0 spiro atoms. The second kappa shape index (κ2) is 7.39. The summed E-state index contributed by atoms with van der Waals surface area (Å²) in [5, 5.41) is 8.21. The topological polar surface area (TPSA) is 29.5 Å². The summed E-state index contributed by atoms with van der Waals surface area (Å²) in [6.45, 7) is 1.14. The van der Waals surface area contributed by atoms with E-state index in [2.05, 4.69) is 22.6 Å². The lowest BCUT2D eigenvalue weighted by Gasteiger charge is -1.93. The van der Waals surface area contributed by atoms with E-state index in [-0.39, 0.29) is 6.61 Å². The van der Waals surface area contributed by atoms with E-state index in [1.165, 1.54) is 0 Å². The van der Waals surface area contributed by atoms with E-state index in [1.807, 2.05) is 10.2 Å². The zero-order chi connectivity index (χ0) is 6.24. The largest absolute Gasteiger partial charge is 0.394 e. The summed E-state index contributed by atoms with van der Waals surface area (Å²) in [7, 11) is 0. The maximum atomic E-state index is 8.21. The van der Waals surface area contributed by atoms with Crippen molar-refractivity contribution in [2.24, 2.45) is 0 Å². The summed E-state index contributed by atoms with van der Waals surface area (Å²) in [6, 6.07) is 0. The Morgan fingerprint density at radius 2 is 2.38 bits per heavy atom. The molecule has 8 heavy (non-hydrogen) atoms. The fourth-order valence-corrected chi connectivity index (χ4v) is 0.460. The molecule has 0 aromatic carbocycles. The van der Waals surface area contributed by atoms with Crippen LogP contribution in [0.4, 0.5) is 0 Å². The summed E-state index contributed by atoms with van der Waals surface area (Å²) in [5.41, 5.74) is 0. The Kier molecular flexibility index (Phi) is 7.75. The zero-order valence-corrected chi connectivity index (χ0v) is 6.67. The van der Waals surface area contributed by atoms with Crippen LogP contribution in [0.5, 0.6) is 0 Å². The van der Waals surface area contributed by atoms with Gasteiger partial charge in [-0.2, -0.15) is 0 Å². The first kappa shape index (κ1) is 8.39. The Bertz CT molecular complexity index is 63.4. The molecule has 0 aliphatic rings. The minimum Gasteiger partial charge on any atom is -0.394 e. The van der Waals surface area contributed by atoms with Crippen LogP contribution in [-0.2, 0) is 4.74 Å². The molecule has 0 aliphatic carbocycles. The molecule has 1 N–H and O–H groups in total. The second-order valence-electron chi connectivity index (χ2n) is 1.16. The van der Waals surface area contributed by atoms with Gasteiger partial charge >= 0.3 is 0 Å². The van der Waals surface area contributed by atoms with Crippen molar-refractivity contribution in [1.82, 2.24) is 0 Å². The molecule has 2 nitrogen and oxygen atoms in total. The van der Waals surface area contributed by atoms with Crippen LogP contribution in [0.3, 0.4) is 0 Å². The van der Waals surface area contributed by atoms with Gasteiger partial charge in [0, 0.05) is 0 Å². The zero-order valence-electron chi connectivity index (χ0n) is 4.51. The Morgan fingerprint density at radius 1 is 1.62 bits per heavy atom. The van der Waals surface area contributed by atoms with Gasteiger partial charge in [0.25, 0.3) is 0 Å². The summed E-state index contributed by atoms with van der Waals surface area (Å²) >= 11 is 2.12. The molecule has 0 radical (unpaired) electrons. The molecular weight excluding hydrogens is 219 g/mol.